The number of benzene rings is 2. The predicted octanol–water partition coefficient (Wildman–Crippen LogP) is 2.97. The highest BCUT2D eigenvalue weighted by molar-refractivity contribution is 5.97. The summed E-state index contributed by atoms with van der Waals surface area (Å²) in [5.41, 5.74) is 2.88. The van der Waals surface area contributed by atoms with Crippen LogP contribution < -0.4 is 15.5 Å². The van der Waals surface area contributed by atoms with Crippen molar-refractivity contribution in [3.63, 3.8) is 0 Å². The van der Waals surface area contributed by atoms with Gasteiger partial charge in [-0.3, -0.25) is 19.1 Å². The summed E-state index contributed by atoms with van der Waals surface area (Å²) in [4.78, 5) is 38.5. The lowest BCUT2D eigenvalue weighted by Gasteiger charge is -2.26. The average molecular weight is 431 g/mol. The number of rotatable bonds is 7. The van der Waals surface area contributed by atoms with Crippen molar-refractivity contribution in [3.05, 3.63) is 78.1 Å². The molecule has 0 radical (unpaired) electrons. The Morgan fingerprint density at radius 2 is 1.88 bits per heavy atom. The summed E-state index contributed by atoms with van der Waals surface area (Å²) in [6.45, 7) is 1.18. The fourth-order valence-electron chi connectivity index (χ4n) is 3.66. The SMILES string of the molecule is O=C(Cn1cccn1)Nc1cccc(CNC(=O)c2ccc(N3CCCCC3=O)cc2)c1. The van der Waals surface area contributed by atoms with Gasteiger partial charge in [0, 0.05) is 48.8 Å². The molecule has 4 rings (SSSR count). The summed E-state index contributed by atoms with van der Waals surface area (Å²) < 4.78 is 1.55. The Labute approximate surface area is 186 Å². The van der Waals surface area contributed by atoms with Crippen LogP contribution in [0, 0.1) is 0 Å². The maximum Gasteiger partial charge on any atom is 0.251 e. The first-order valence-electron chi connectivity index (χ1n) is 10.6. The highest BCUT2D eigenvalue weighted by Crippen LogP contribution is 2.21. The van der Waals surface area contributed by atoms with Gasteiger partial charge in [-0.15, -0.1) is 0 Å². The number of anilines is 2. The van der Waals surface area contributed by atoms with E-state index in [9.17, 15) is 14.4 Å². The highest BCUT2D eigenvalue weighted by Gasteiger charge is 2.19. The number of aromatic nitrogens is 2. The fourth-order valence-corrected chi connectivity index (χ4v) is 3.66. The minimum absolute atomic E-state index is 0.130. The summed E-state index contributed by atoms with van der Waals surface area (Å²) in [6.07, 6.45) is 5.85. The van der Waals surface area contributed by atoms with E-state index in [2.05, 4.69) is 15.7 Å². The zero-order valence-corrected chi connectivity index (χ0v) is 17.7. The zero-order valence-electron chi connectivity index (χ0n) is 17.7. The van der Waals surface area contributed by atoms with Crippen LogP contribution in [0.3, 0.4) is 0 Å². The van der Waals surface area contributed by atoms with Crippen LogP contribution in [0.1, 0.15) is 35.2 Å². The van der Waals surface area contributed by atoms with Crippen molar-refractivity contribution in [1.29, 1.82) is 0 Å². The first-order chi connectivity index (χ1) is 15.6. The van der Waals surface area contributed by atoms with Gasteiger partial charge in [-0.05, 0) is 60.9 Å². The van der Waals surface area contributed by atoms with Crippen molar-refractivity contribution in [1.82, 2.24) is 15.1 Å². The second kappa shape index (κ2) is 9.91. The molecule has 1 saturated heterocycles. The standard InChI is InChI=1S/C24H25N5O3/c30-22(17-28-13-4-12-26-28)27-20-6-3-5-18(15-20)16-25-24(32)19-8-10-21(11-9-19)29-14-2-1-7-23(29)31/h3-6,8-13,15H,1-2,7,14,16-17H2,(H,25,32)(H,27,30). The summed E-state index contributed by atoms with van der Waals surface area (Å²) in [6, 6.07) is 16.2. The van der Waals surface area contributed by atoms with E-state index in [0.717, 1.165) is 30.6 Å². The van der Waals surface area contributed by atoms with E-state index in [0.29, 0.717) is 24.2 Å². The Kier molecular flexibility index (Phi) is 6.60. The van der Waals surface area contributed by atoms with E-state index in [1.807, 2.05) is 30.3 Å². The number of carbonyl (C=O) groups is 3. The molecule has 1 aromatic heterocycles. The molecule has 164 valence electrons. The van der Waals surface area contributed by atoms with Crippen LogP contribution in [0.4, 0.5) is 11.4 Å². The normalized spacial score (nSPS) is 13.6. The molecular weight excluding hydrogens is 406 g/mol. The summed E-state index contributed by atoms with van der Waals surface area (Å²) in [7, 11) is 0. The smallest absolute Gasteiger partial charge is 0.251 e. The quantitative estimate of drug-likeness (QED) is 0.601. The number of amides is 3. The van der Waals surface area contributed by atoms with Crippen LogP contribution in [0.5, 0.6) is 0 Å². The Morgan fingerprint density at radius 1 is 1.03 bits per heavy atom. The molecule has 2 heterocycles. The van der Waals surface area contributed by atoms with Gasteiger partial charge in [-0.1, -0.05) is 12.1 Å². The summed E-state index contributed by atoms with van der Waals surface area (Å²) in [5, 5.41) is 9.75. The molecule has 8 nitrogen and oxygen atoms in total. The maximum atomic E-state index is 12.5. The topological polar surface area (TPSA) is 96.3 Å². The molecule has 1 fully saturated rings. The van der Waals surface area contributed by atoms with Gasteiger partial charge in [0.1, 0.15) is 6.54 Å². The second-order valence-corrected chi connectivity index (χ2v) is 7.68. The molecule has 0 unspecified atom stereocenters. The van der Waals surface area contributed by atoms with Gasteiger partial charge >= 0.3 is 0 Å². The zero-order chi connectivity index (χ0) is 22.3. The van der Waals surface area contributed by atoms with Crippen molar-refractivity contribution in [3.8, 4) is 0 Å². The lowest BCUT2D eigenvalue weighted by Crippen LogP contribution is -2.35. The molecule has 32 heavy (non-hydrogen) atoms. The van der Waals surface area contributed by atoms with E-state index < -0.39 is 0 Å². The number of hydrogen-bond donors (Lipinski definition) is 2. The molecule has 0 saturated carbocycles. The molecule has 3 amide bonds. The Balaban J connectivity index is 1.31. The number of nitrogens with zero attached hydrogens (tertiary/aromatic N) is 3. The third-order valence-corrected chi connectivity index (χ3v) is 5.29. The van der Waals surface area contributed by atoms with Crippen molar-refractivity contribution in [2.24, 2.45) is 0 Å². The van der Waals surface area contributed by atoms with E-state index in [1.54, 1.807) is 46.2 Å². The molecule has 3 aromatic rings. The first-order valence-corrected chi connectivity index (χ1v) is 10.6. The largest absolute Gasteiger partial charge is 0.348 e. The van der Waals surface area contributed by atoms with Crippen molar-refractivity contribution in [2.75, 3.05) is 16.8 Å². The molecule has 2 N–H and O–H groups in total. The molecule has 2 aromatic carbocycles. The van der Waals surface area contributed by atoms with Crippen LogP contribution in [0.2, 0.25) is 0 Å². The monoisotopic (exact) mass is 431 g/mol. The van der Waals surface area contributed by atoms with Gasteiger partial charge in [-0.25, -0.2) is 0 Å². The molecule has 0 atom stereocenters. The third kappa shape index (κ3) is 5.40. The van der Waals surface area contributed by atoms with Gasteiger partial charge in [0.05, 0.1) is 0 Å². The first kappa shape index (κ1) is 21.3. The highest BCUT2D eigenvalue weighted by atomic mass is 16.2. The number of carbonyl (C=O) groups excluding carboxylic acids is 3. The minimum Gasteiger partial charge on any atom is -0.348 e. The predicted molar refractivity (Wildman–Crippen MR) is 121 cm³/mol. The van der Waals surface area contributed by atoms with Crippen molar-refractivity contribution < 1.29 is 14.4 Å². The van der Waals surface area contributed by atoms with Gasteiger partial charge in [-0.2, -0.15) is 5.10 Å². The van der Waals surface area contributed by atoms with Crippen molar-refractivity contribution >= 4 is 29.1 Å². The van der Waals surface area contributed by atoms with E-state index in [4.69, 9.17) is 0 Å². The summed E-state index contributed by atoms with van der Waals surface area (Å²) in [5.74, 6) is -0.248. The van der Waals surface area contributed by atoms with Gasteiger partial charge in [0.25, 0.3) is 5.91 Å². The number of hydrogen-bond acceptors (Lipinski definition) is 4. The number of piperidine rings is 1. The van der Waals surface area contributed by atoms with Crippen LogP contribution in [-0.2, 0) is 22.7 Å². The fraction of sp³-hybridized carbons (Fsp3) is 0.250. The molecule has 0 bridgehead atoms. The summed E-state index contributed by atoms with van der Waals surface area (Å²) >= 11 is 0. The van der Waals surface area contributed by atoms with Crippen molar-refractivity contribution in [2.45, 2.75) is 32.4 Å². The van der Waals surface area contributed by atoms with Crippen LogP contribution >= 0.6 is 0 Å². The lowest BCUT2D eigenvalue weighted by atomic mass is 10.1. The Bertz CT molecular complexity index is 1090. The van der Waals surface area contributed by atoms with E-state index >= 15 is 0 Å². The second-order valence-electron chi connectivity index (χ2n) is 7.68. The molecule has 1 aliphatic rings. The van der Waals surface area contributed by atoms with E-state index in [1.165, 1.54) is 0 Å². The lowest BCUT2D eigenvalue weighted by molar-refractivity contribution is -0.119. The van der Waals surface area contributed by atoms with Crippen LogP contribution in [-0.4, -0.2) is 34.0 Å². The van der Waals surface area contributed by atoms with Gasteiger partial charge in [0.2, 0.25) is 11.8 Å². The van der Waals surface area contributed by atoms with Crippen LogP contribution in [0.15, 0.2) is 67.0 Å². The van der Waals surface area contributed by atoms with Crippen LogP contribution in [0.25, 0.3) is 0 Å². The van der Waals surface area contributed by atoms with Gasteiger partial charge < -0.3 is 15.5 Å². The minimum atomic E-state index is -0.199. The number of nitrogens with one attached hydrogen (secondary N) is 2. The molecular formula is C24H25N5O3. The Morgan fingerprint density at radius 3 is 2.62 bits per heavy atom. The third-order valence-electron chi connectivity index (χ3n) is 5.29. The average Bonchev–Trinajstić information content (AvgIpc) is 3.31. The van der Waals surface area contributed by atoms with E-state index in [-0.39, 0.29) is 24.3 Å². The Hall–Kier alpha value is -3.94. The maximum absolute atomic E-state index is 12.5. The molecule has 0 aliphatic carbocycles. The van der Waals surface area contributed by atoms with Gasteiger partial charge in [0.15, 0.2) is 0 Å². The molecule has 1 aliphatic heterocycles. The molecule has 0 spiro atoms. The molecule has 8 heteroatoms.